The van der Waals surface area contributed by atoms with Crippen LogP contribution in [0.25, 0.3) is 0 Å². The Hall–Kier alpha value is -0.650. The Balaban J connectivity index is 2.35. The van der Waals surface area contributed by atoms with Crippen LogP contribution in [0.2, 0.25) is 0 Å². The zero-order chi connectivity index (χ0) is 12.8. The number of amides is 1. The Morgan fingerprint density at radius 1 is 1.65 bits per heavy atom. The predicted molar refractivity (Wildman–Crippen MR) is 67.8 cm³/mol. The number of methoxy groups -OCH3 is 1. The van der Waals surface area contributed by atoms with Gasteiger partial charge >= 0.3 is 0 Å². The number of likely N-dealkylation sites (tertiary alicyclic amines) is 1. The molecule has 100 valence electrons. The van der Waals surface area contributed by atoms with Gasteiger partial charge in [-0.2, -0.15) is 0 Å². The van der Waals surface area contributed by atoms with Crippen molar-refractivity contribution < 1.29 is 9.53 Å². The highest BCUT2D eigenvalue weighted by Gasteiger charge is 2.24. The summed E-state index contributed by atoms with van der Waals surface area (Å²) < 4.78 is 5.13. The fourth-order valence-corrected chi connectivity index (χ4v) is 2.24. The highest BCUT2D eigenvalue weighted by molar-refractivity contribution is 5.76. The van der Waals surface area contributed by atoms with Gasteiger partial charge in [-0.15, -0.1) is 0 Å². The molecule has 5 heteroatoms. The van der Waals surface area contributed by atoms with Gasteiger partial charge in [0.15, 0.2) is 0 Å². The fraction of sp³-hybridized carbons (Fsp3) is 0.917. The standard InChI is InChI=1S/C12H25N3O2/c1-14-6-4-5-10(14)9-15(2)12(16)7-11(8-13)17-3/h10-11H,4-9,13H2,1-3H3. The van der Waals surface area contributed by atoms with E-state index in [1.54, 1.807) is 12.0 Å². The number of likely N-dealkylation sites (N-methyl/N-ethyl adjacent to an activating group) is 2. The van der Waals surface area contributed by atoms with E-state index in [0.717, 1.165) is 13.1 Å². The second kappa shape index (κ2) is 6.93. The number of carbonyl (C=O) groups is 1. The summed E-state index contributed by atoms with van der Waals surface area (Å²) in [6, 6.07) is 0.503. The van der Waals surface area contributed by atoms with Crippen LogP contribution in [0.4, 0.5) is 0 Å². The van der Waals surface area contributed by atoms with Crippen molar-refractivity contribution in [3.63, 3.8) is 0 Å². The van der Waals surface area contributed by atoms with E-state index < -0.39 is 0 Å². The van der Waals surface area contributed by atoms with E-state index in [1.165, 1.54) is 12.8 Å². The number of rotatable bonds is 6. The first-order valence-electron chi connectivity index (χ1n) is 6.25. The predicted octanol–water partition coefficient (Wildman–Crippen LogP) is -0.0972. The molecule has 0 aromatic carbocycles. The van der Waals surface area contributed by atoms with E-state index in [2.05, 4.69) is 11.9 Å². The smallest absolute Gasteiger partial charge is 0.225 e. The second-order valence-corrected chi connectivity index (χ2v) is 4.85. The zero-order valence-electron chi connectivity index (χ0n) is 11.2. The van der Waals surface area contributed by atoms with Crippen molar-refractivity contribution in [3.8, 4) is 0 Å². The van der Waals surface area contributed by atoms with Gasteiger partial charge in [-0.1, -0.05) is 0 Å². The average Bonchev–Trinajstić information content (AvgIpc) is 2.71. The van der Waals surface area contributed by atoms with E-state index in [4.69, 9.17) is 10.5 Å². The molecule has 0 radical (unpaired) electrons. The lowest BCUT2D eigenvalue weighted by molar-refractivity contribution is -0.132. The van der Waals surface area contributed by atoms with Crippen LogP contribution in [0.15, 0.2) is 0 Å². The Morgan fingerprint density at radius 3 is 2.82 bits per heavy atom. The van der Waals surface area contributed by atoms with E-state index >= 15 is 0 Å². The molecular formula is C12H25N3O2. The van der Waals surface area contributed by atoms with E-state index in [0.29, 0.717) is 19.0 Å². The molecule has 1 aliphatic rings. The van der Waals surface area contributed by atoms with Crippen molar-refractivity contribution >= 4 is 5.91 Å². The van der Waals surface area contributed by atoms with E-state index in [9.17, 15) is 4.79 Å². The molecule has 0 aliphatic carbocycles. The monoisotopic (exact) mass is 243 g/mol. The van der Waals surface area contributed by atoms with Crippen LogP contribution in [0, 0.1) is 0 Å². The maximum absolute atomic E-state index is 11.9. The van der Waals surface area contributed by atoms with Gasteiger partial charge < -0.3 is 20.3 Å². The lowest BCUT2D eigenvalue weighted by Crippen LogP contribution is -2.41. The van der Waals surface area contributed by atoms with E-state index in [-0.39, 0.29) is 12.0 Å². The van der Waals surface area contributed by atoms with Crippen LogP contribution in [-0.2, 0) is 9.53 Å². The molecule has 1 heterocycles. The van der Waals surface area contributed by atoms with Gasteiger partial charge in [0.2, 0.25) is 5.91 Å². The summed E-state index contributed by atoms with van der Waals surface area (Å²) in [6.07, 6.45) is 2.62. The molecule has 1 aliphatic heterocycles. The summed E-state index contributed by atoms with van der Waals surface area (Å²) in [5, 5.41) is 0. The van der Waals surface area contributed by atoms with Crippen molar-refractivity contribution in [3.05, 3.63) is 0 Å². The van der Waals surface area contributed by atoms with Crippen molar-refractivity contribution in [2.75, 3.05) is 40.8 Å². The molecule has 5 nitrogen and oxygen atoms in total. The van der Waals surface area contributed by atoms with Crippen molar-refractivity contribution in [2.45, 2.75) is 31.4 Å². The van der Waals surface area contributed by atoms with Gasteiger partial charge in [0, 0.05) is 33.3 Å². The number of hydrogen-bond acceptors (Lipinski definition) is 4. The van der Waals surface area contributed by atoms with Gasteiger partial charge in [-0.25, -0.2) is 0 Å². The molecule has 0 aromatic rings. The topological polar surface area (TPSA) is 58.8 Å². The lowest BCUT2D eigenvalue weighted by Gasteiger charge is -2.26. The highest BCUT2D eigenvalue weighted by atomic mass is 16.5. The number of hydrogen-bond donors (Lipinski definition) is 1. The third kappa shape index (κ3) is 4.26. The fourth-order valence-electron chi connectivity index (χ4n) is 2.24. The molecule has 0 bridgehead atoms. The first-order chi connectivity index (χ1) is 8.08. The number of carbonyl (C=O) groups excluding carboxylic acids is 1. The van der Waals surface area contributed by atoms with Gasteiger partial charge in [-0.05, 0) is 26.4 Å². The summed E-state index contributed by atoms with van der Waals surface area (Å²) in [7, 11) is 5.57. The SMILES string of the molecule is COC(CN)CC(=O)N(C)CC1CCCN1C. The van der Waals surface area contributed by atoms with Crippen LogP contribution in [0.5, 0.6) is 0 Å². The number of nitrogens with two attached hydrogens (primary N) is 1. The summed E-state index contributed by atoms with van der Waals surface area (Å²) in [5.74, 6) is 0.114. The molecule has 1 rings (SSSR count). The third-order valence-electron chi connectivity index (χ3n) is 3.58. The maximum atomic E-state index is 11.9. The van der Waals surface area contributed by atoms with Crippen LogP contribution >= 0.6 is 0 Å². The summed E-state index contributed by atoms with van der Waals surface area (Å²) in [5.41, 5.74) is 5.51. The normalized spacial score (nSPS) is 22.7. The molecular weight excluding hydrogens is 218 g/mol. The molecule has 1 saturated heterocycles. The van der Waals surface area contributed by atoms with Crippen molar-refractivity contribution in [2.24, 2.45) is 5.73 Å². The molecule has 0 aromatic heterocycles. The maximum Gasteiger partial charge on any atom is 0.225 e. The van der Waals surface area contributed by atoms with Crippen LogP contribution < -0.4 is 5.73 Å². The highest BCUT2D eigenvalue weighted by Crippen LogP contribution is 2.15. The molecule has 2 N–H and O–H groups in total. The minimum absolute atomic E-state index is 0.114. The van der Waals surface area contributed by atoms with Crippen LogP contribution in [0.1, 0.15) is 19.3 Å². The quantitative estimate of drug-likeness (QED) is 0.708. The molecule has 2 unspecified atom stereocenters. The molecule has 17 heavy (non-hydrogen) atoms. The minimum Gasteiger partial charge on any atom is -0.380 e. The summed E-state index contributed by atoms with van der Waals surface area (Å²) >= 11 is 0. The van der Waals surface area contributed by atoms with Crippen LogP contribution in [-0.4, -0.2) is 68.7 Å². The minimum atomic E-state index is -0.161. The number of ether oxygens (including phenoxy) is 1. The molecule has 0 saturated carbocycles. The van der Waals surface area contributed by atoms with Crippen molar-refractivity contribution in [1.29, 1.82) is 0 Å². The molecule has 1 fully saturated rings. The lowest BCUT2D eigenvalue weighted by atomic mass is 10.2. The van der Waals surface area contributed by atoms with Crippen molar-refractivity contribution in [1.82, 2.24) is 9.80 Å². The van der Waals surface area contributed by atoms with E-state index in [1.807, 2.05) is 7.05 Å². The van der Waals surface area contributed by atoms with Gasteiger partial charge in [0.25, 0.3) is 0 Å². The molecule has 1 amide bonds. The zero-order valence-corrected chi connectivity index (χ0v) is 11.2. The first kappa shape index (κ1) is 14.4. The van der Waals surface area contributed by atoms with Crippen LogP contribution in [0.3, 0.4) is 0 Å². The number of nitrogens with zero attached hydrogens (tertiary/aromatic N) is 2. The Labute approximate surface area is 104 Å². The second-order valence-electron chi connectivity index (χ2n) is 4.85. The third-order valence-corrected chi connectivity index (χ3v) is 3.58. The van der Waals surface area contributed by atoms with Gasteiger partial charge in [0.05, 0.1) is 12.5 Å². The average molecular weight is 243 g/mol. The Bertz CT molecular complexity index is 244. The van der Waals surface area contributed by atoms with Gasteiger partial charge in [-0.3, -0.25) is 4.79 Å². The van der Waals surface area contributed by atoms with Gasteiger partial charge in [0.1, 0.15) is 0 Å². The Morgan fingerprint density at radius 2 is 2.35 bits per heavy atom. The summed E-state index contributed by atoms with van der Waals surface area (Å²) in [6.45, 7) is 2.33. The molecule has 0 spiro atoms. The first-order valence-corrected chi connectivity index (χ1v) is 6.25. The largest absolute Gasteiger partial charge is 0.380 e. The summed E-state index contributed by atoms with van der Waals surface area (Å²) in [4.78, 5) is 16.1. The Kier molecular flexibility index (Phi) is 5.88. The molecule has 2 atom stereocenters.